The Kier molecular flexibility index (Phi) is 1.71. The van der Waals surface area contributed by atoms with Gasteiger partial charge in [-0.15, -0.1) is 0 Å². The molecule has 2 rings (SSSR count). The molecule has 1 aliphatic carbocycles. The monoisotopic (exact) mass is 164 g/mol. The van der Waals surface area contributed by atoms with Crippen LogP contribution in [0.2, 0.25) is 0 Å². The Bertz CT molecular complexity index is 292. The van der Waals surface area contributed by atoms with E-state index in [0.29, 0.717) is 5.69 Å². The zero-order valence-corrected chi connectivity index (χ0v) is 7.10. The summed E-state index contributed by atoms with van der Waals surface area (Å²) in [5.41, 5.74) is 0.689. The van der Waals surface area contributed by atoms with Gasteiger partial charge in [-0.3, -0.25) is 4.79 Å². The summed E-state index contributed by atoms with van der Waals surface area (Å²) >= 11 is 0. The summed E-state index contributed by atoms with van der Waals surface area (Å²) in [7, 11) is 0. The van der Waals surface area contributed by atoms with Gasteiger partial charge in [0.1, 0.15) is 5.69 Å². The van der Waals surface area contributed by atoms with Crippen molar-refractivity contribution in [1.29, 1.82) is 0 Å². The molecular formula is C9H12N2O. The second-order valence-electron chi connectivity index (χ2n) is 3.56. The first kappa shape index (κ1) is 7.53. The van der Waals surface area contributed by atoms with Crippen LogP contribution in [-0.2, 0) is 6.54 Å². The number of imidazole rings is 1. The fourth-order valence-electron chi connectivity index (χ4n) is 1.49. The van der Waals surface area contributed by atoms with Gasteiger partial charge < -0.3 is 4.57 Å². The molecule has 1 saturated carbocycles. The van der Waals surface area contributed by atoms with Crippen LogP contribution >= 0.6 is 0 Å². The topological polar surface area (TPSA) is 34.9 Å². The molecule has 0 N–H and O–H groups in total. The van der Waals surface area contributed by atoms with E-state index < -0.39 is 0 Å². The Labute approximate surface area is 71.4 Å². The molecule has 0 bridgehead atoms. The van der Waals surface area contributed by atoms with E-state index in [-0.39, 0.29) is 0 Å². The normalized spacial score (nSPS) is 27.1. The average molecular weight is 164 g/mol. The molecule has 2 atom stereocenters. The van der Waals surface area contributed by atoms with Gasteiger partial charge in [0, 0.05) is 6.54 Å². The van der Waals surface area contributed by atoms with Crippen LogP contribution in [0.5, 0.6) is 0 Å². The third-order valence-corrected chi connectivity index (χ3v) is 2.57. The average Bonchev–Trinajstić information content (AvgIpc) is 2.62. The standard InChI is InChI=1S/C9H12N2O/c1-7-2-8(7)4-11-6-10-3-9(11)5-12/h3,5-8H,2,4H2,1H3. The highest BCUT2D eigenvalue weighted by Crippen LogP contribution is 2.38. The van der Waals surface area contributed by atoms with E-state index in [4.69, 9.17) is 0 Å². The predicted octanol–water partition coefficient (Wildman–Crippen LogP) is 1.35. The van der Waals surface area contributed by atoms with Crippen molar-refractivity contribution >= 4 is 6.29 Å². The molecule has 2 unspecified atom stereocenters. The Morgan fingerprint density at radius 3 is 3.17 bits per heavy atom. The van der Waals surface area contributed by atoms with Crippen LogP contribution in [0.15, 0.2) is 12.5 Å². The largest absolute Gasteiger partial charge is 0.328 e. The lowest BCUT2D eigenvalue weighted by molar-refractivity contribution is 0.111. The van der Waals surface area contributed by atoms with Crippen LogP contribution in [0.3, 0.4) is 0 Å². The number of aldehydes is 1. The van der Waals surface area contributed by atoms with E-state index in [1.807, 2.05) is 4.57 Å². The molecule has 3 heteroatoms. The third-order valence-electron chi connectivity index (χ3n) is 2.57. The number of nitrogens with zero attached hydrogens (tertiary/aromatic N) is 2. The van der Waals surface area contributed by atoms with Crippen LogP contribution < -0.4 is 0 Å². The van der Waals surface area contributed by atoms with E-state index in [1.165, 1.54) is 6.42 Å². The summed E-state index contributed by atoms with van der Waals surface area (Å²) < 4.78 is 1.93. The van der Waals surface area contributed by atoms with Gasteiger partial charge in [-0.05, 0) is 18.3 Å². The van der Waals surface area contributed by atoms with E-state index in [1.54, 1.807) is 12.5 Å². The first-order chi connectivity index (χ1) is 5.81. The number of hydrogen-bond donors (Lipinski definition) is 0. The van der Waals surface area contributed by atoms with Crippen molar-refractivity contribution in [3.63, 3.8) is 0 Å². The lowest BCUT2D eigenvalue weighted by Crippen LogP contribution is -2.02. The highest BCUT2D eigenvalue weighted by atomic mass is 16.1. The summed E-state index contributed by atoms with van der Waals surface area (Å²) in [5.74, 6) is 1.59. The first-order valence-corrected chi connectivity index (χ1v) is 4.26. The highest BCUT2D eigenvalue weighted by molar-refractivity contribution is 5.71. The molecule has 12 heavy (non-hydrogen) atoms. The molecule has 0 radical (unpaired) electrons. The number of aromatic nitrogens is 2. The quantitative estimate of drug-likeness (QED) is 0.632. The van der Waals surface area contributed by atoms with Crippen LogP contribution in [-0.4, -0.2) is 15.8 Å². The van der Waals surface area contributed by atoms with Crippen molar-refractivity contribution in [3.8, 4) is 0 Å². The Hall–Kier alpha value is -1.12. The van der Waals surface area contributed by atoms with Crippen LogP contribution in [0.1, 0.15) is 23.8 Å². The first-order valence-electron chi connectivity index (χ1n) is 4.26. The molecule has 0 amide bonds. The van der Waals surface area contributed by atoms with Gasteiger partial charge in [-0.25, -0.2) is 4.98 Å². The molecule has 0 aliphatic heterocycles. The molecule has 1 aliphatic rings. The van der Waals surface area contributed by atoms with Crippen molar-refractivity contribution in [2.24, 2.45) is 11.8 Å². The van der Waals surface area contributed by atoms with Gasteiger partial charge in [0.05, 0.1) is 12.5 Å². The second kappa shape index (κ2) is 2.73. The lowest BCUT2D eigenvalue weighted by atomic mass is 10.3. The summed E-state index contributed by atoms with van der Waals surface area (Å²) in [4.78, 5) is 14.4. The van der Waals surface area contributed by atoms with Gasteiger partial charge in [0.25, 0.3) is 0 Å². The minimum Gasteiger partial charge on any atom is -0.328 e. The van der Waals surface area contributed by atoms with Gasteiger partial charge in [-0.1, -0.05) is 6.92 Å². The highest BCUT2D eigenvalue weighted by Gasteiger charge is 2.32. The summed E-state index contributed by atoms with van der Waals surface area (Å²) in [6, 6.07) is 0. The zero-order valence-electron chi connectivity index (χ0n) is 7.10. The van der Waals surface area contributed by atoms with Crippen molar-refractivity contribution in [3.05, 3.63) is 18.2 Å². The molecule has 0 saturated heterocycles. The van der Waals surface area contributed by atoms with Gasteiger partial charge in [0.2, 0.25) is 0 Å². The van der Waals surface area contributed by atoms with Crippen LogP contribution in [0, 0.1) is 11.8 Å². The summed E-state index contributed by atoms with van der Waals surface area (Å²) in [6.45, 7) is 3.19. The number of hydrogen-bond acceptors (Lipinski definition) is 2. The molecule has 1 heterocycles. The van der Waals surface area contributed by atoms with Gasteiger partial charge in [0.15, 0.2) is 6.29 Å². The molecule has 1 aromatic rings. The van der Waals surface area contributed by atoms with Crippen molar-refractivity contribution in [1.82, 2.24) is 9.55 Å². The maximum Gasteiger partial charge on any atom is 0.168 e. The lowest BCUT2D eigenvalue weighted by Gasteiger charge is -2.01. The minimum absolute atomic E-state index is 0.689. The maximum absolute atomic E-state index is 10.5. The molecule has 1 fully saturated rings. The van der Waals surface area contributed by atoms with Gasteiger partial charge >= 0.3 is 0 Å². The Morgan fingerprint density at radius 2 is 2.58 bits per heavy atom. The maximum atomic E-state index is 10.5. The molecule has 0 spiro atoms. The minimum atomic E-state index is 0.689. The Morgan fingerprint density at radius 1 is 1.83 bits per heavy atom. The number of carbonyl (C=O) groups excluding carboxylic acids is 1. The van der Waals surface area contributed by atoms with Crippen molar-refractivity contribution in [2.75, 3.05) is 0 Å². The van der Waals surface area contributed by atoms with Crippen molar-refractivity contribution < 1.29 is 4.79 Å². The predicted molar refractivity (Wildman–Crippen MR) is 44.9 cm³/mol. The van der Waals surface area contributed by atoms with Crippen LogP contribution in [0.25, 0.3) is 0 Å². The van der Waals surface area contributed by atoms with E-state index in [2.05, 4.69) is 11.9 Å². The molecule has 64 valence electrons. The third kappa shape index (κ3) is 1.26. The molecular weight excluding hydrogens is 152 g/mol. The fraction of sp³-hybridized carbons (Fsp3) is 0.556. The van der Waals surface area contributed by atoms with E-state index in [0.717, 1.165) is 24.7 Å². The summed E-state index contributed by atoms with van der Waals surface area (Å²) in [5, 5.41) is 0. The summed E-state index contributed by atoms with van der Waals surface area (Å²) in [6.07, 6.45) is 5.49. The number of rotatable bonds is 3. The Balaban J connectivity index is 2.07. The molecule has 1 aromatic heterocycles. The fourth-order valence-corrected chi connectivity index (χ4v) is 1.49. The number of carbonyl (C=O) groups is 1. The molecule has 0 aromatic carbocycles. The SMILES string of the molecule is CC1CC1Cn1cncc1C=O. The second-order valence-corrected chi connectivity index (χ2v) is 3.56. The smallest absolute Gasteiger partial charge is 0.168 e. The van der Waals surface area contributed by atoms with Gasteiger partial charge in [-0.2, -0.15) is 0 Å². The zero-order chi connectivity index (χ0) is 8.55. The van der Waals surface area contributed by atoms with Crippen molar-refractivity contribution in [2.45, 2.75) is 19.9 Å². The van der Waals surface area contributed by atoms with E-state index in [9.17, 15) is 4.79 Å². The molecule has 3 nitrogen and oxygen atoms in total. The van der Waals surface area contributed by atoms with Crippen LogP contribution in [0.4, 0.5) is 0 Å². The van der Waals surface area contributed by atoms with E-state index >= 15 is 0 Å².